The number of halogens is 1. The van der Waals surface area contributed by atoms with Gasteiger partial charge in [0, 0.05) is 10.0 Å². The molecule has 2 rings (SSSR count). The Morgan fingerprint density at radius 3 is 2.41 bits per heavy atom. The molecule has 22 heavy (non-hydrogen) atoms. The molecule has 1 aromatic carbocycles. The average molecular weight is 367 g/mol. The smallest absolute Gasteiger partial charge is 0.373 e. The Kier molecular flexibility index (Phi) is 4.60. The largest absolute Gasteiger partial charge is 0.434 e. The molecule has 0 aliphatic rings. The summed E-state index contributed by atoms with van der Waals surface area (Å²) in [5.74, 6) is 0.473. The van der Waals surface area contributed by atoms with E-state index >= 15 is 0 Å². The first-order chi connectivity index (χ1) is 10.3. The maximum absolute atomic E-state index is 11.4. The fourth-order valence-electron chi connectivity index (χ4n) is 1.66. The van der Waals surface area contributed by atoms with E-state index in [2.05, 4.69) is 31.2 Å². The van der Waals surface area contributed by atoms with E-state index in [4.69, 9.17) is 4.74 Å². The molecule has 116 valence electrons. The fraction of sp³-hybridized carbons (Fsp3) is 0.286. The Morgan fingerprint density at radius 1 is 1.23 bits per heavy atom. The van der Waals surface area contributed by atoms with E-state index < -0.39 is 4.92 Å². The van der Waals surface area contributed by atoms with Crippen molar-refractivity contribution in [3.8, 4) is 11.6 Å². The van der Waals surface area contributed by atoms with Crippen molar-refractivity contribution in [1.29, 1.82) is 0 Å². The predicted octanol–water partition coefficient (Wildman–Crippen LogP) is 4.15. The minimum absolute atomic E-state index is 0.103. The molecular formula is C14H15BrN4O3. The summed E-state index contributed by atoms with van der Waals surface area (Å²) in [6.07, 6.45) is 1.23. The number of nitrogens with zero attached hydrogens (tertiary/aromatic N) is 3. The second-order valence-corrected chi connectivity index (χ2v) is 6.48. The zero-order chi connectivity index (χ0) is 16.3. The number of nitro groups is 1. The Labute approximate surface area is 136 Å². The van der Waals surface area contributed by atoms with Crippen LogP contribution in [-0.2, 0) is 0 Å². The van der Waals surface area contributed by atoms with Crippen LogP contribution in [0.4, 0.5) is 11.5 Å². The lowest BCUT2D eigenvalue weighted by molar-refractivity contribution is -0.385. The van der Waals surface area contributed by atoms with Crippen molar-refractivity contribution in [3.63, 3.8) is 0 Å². The lowest BCUT2D eigenvalue weighted by Crippen LogP contribution is -2.27. The normalized spacial score (nSPS) is 11.1. The van der Waals surface area contributed by atoms with Gasteiger partial charge in [-0.1, -0.05) is 15.9 Å². The third-order valence-corrected chi connectivity index (χ3v) is 3.02. The van der Waals surface area contributed by atoms with Crippen LogP contribution < -0.4 is 10.1 Å². The van der Waals surface area contributed by atoms with Crippen LogP contribution in [0.1, 0.15) is 20.8 Å². The van der Waals surface area contributed by atoms with Crippen molar-refractivity contribution < 1.29 is 9.66 Å². The number of benzene rings is 1. The van der Waals surface area contributed by atoms with E-state index in [1.54, 1.807) is 24.3 Å². The number of rotatable bonds is 4. The standard InChI is InChI=1S/C14H15BrN4O3/c1-14(2,3)18-12-11(19(20)21)13(17-8-16-12)22-10-6-4-9(15)5-7-10/h4-8H,1-3H3,(H,16,17,18). The fourth-order valence-corrected chi connectivity index (χ4v) is 1.93. The highest BCUT2D eigenvalue weighted by Gasteiger charge is 2.27. The average Bonchev–Trinajstić information content (AvgIpc) is 2.39. The quantitative estimate of drug-likeness (QED) is 0.645. The summed E-state index contributed by atoms with van der Waals surface area (Å²) < 4.78 is 6.41. The number of hydrogen-bond donors (Lipinski definition) is 1. The van der Waals surface area contributed by atoms with Crippen LogP contribution in [0.5, 0.6) is 11.6 Å². The second kappa shape index (κ2) is 6.27. The highest BCUT2D eigenvalue weighted by atomic mass is 79.9. The molecular weight excluding hydrogens is 352 g/mol. The van der Waals surface area contributed by atoms with Crippen LogP contribution in [0.25, 0.3) is 0 Å². The second-order valence-electron chi connectivity index (χ2n) is 5.56. The first-order valence-corrected chi connectivity index (χ1v) is 7.26. The molecule has 0 fully saturated rings. The Bertz CT molecular complexity index is 683. The van der Waals surface area contributed by atoms with Crippen molar-refractivity contribution in [2.75, 3.05) is 5.32 Å². The number of aromatic nitrogens is 2. The molecule has 7 nitrogen and oxygen atoms in total. The van der Waals surface area contributed by atoms with Crippen molar-refractivity contribution in [2.24, 2.45) is 0 Å². The SMILES string of the molecule is CC(C)(C)Nc1ncnc(Oc2ccc(Br)cc2)c1[N+](=O)[O-]. The molecule has 0 unspecified atom stereocenters. The molecule has 0 radical (unpaired) electrons. The topological polar surface area (TPSA) is 90.2 Å². The molecule has 0 saturated carbocycles. The lowest BCUT2D eigenvalue weighted by Gasteiger charge is -2.21. The van der Waals surface area contributed by atoms with Gasteiger partial charge in [0.2, 0.25) is 5.82 Å². The van der Waals surface area contributed by atoms with Gasteiger partial charge < -0.3 is 10.1 Å². The van der Waals surface area contributed by atoms with Crippen molar-refractivity contribution in [2.45, 2.75) is 26.3 Å². The van der Waals surface area contributed by atoms with Crippen molar-refractivity contribution >= 4 is 27.4 Å². The van der Waals surface area contributed by atoms with Gasteiger partial charge in [-0.15, -0.1) is 0 Å². The molecule has 0 spiro atoms. The van der Waals surface area contributed by atoms with E-state index in [0.29, 0.717) is 5.75 Å². The Hall–Kier alpha value is -2.22. The molecule has 2 aromatic rings. The van der Waals surface area contributed by atoms with Crippen LogP contribution in [0.2, 0.25) is 0 Å². The van der Waals surface area contributed by atoms with Gasteiger partial charge in [-0.2, -0.15) is 4.98 Å². The molecule has 1 heterocycles. The van der Waals surface area contributed by atoms with Gasteiger partial charge >= 0.3 is 11.6 Å². The van der Waals surface area contributed by atoms with Gasteiger partial charge in [0.25, 0.3) is 0 Å². The van der Waals surface area contributed by atoms with E-state index in [1.807, 2.05) is 20.8 Å². The minimum Gasteiger partial charge on any atom is -0.434 e. The van der Waals surface area contributed by atoms with Gasteiger partial charge in [-0.3, -0.25) is 10.1 Å². The number of ether oxygens (including phenoxy) is 1. The van der Waals surface area contributed by atoms with Gasteiger partial charge in [-0.05, 0) is 45.0 Å². The van der Waals surface area contributed by atoms with Gasteiger partial charge in [-0.25, -0.2) is 4.98 Å². The summed E-state index contributed by atoms with van der Waals surface area (Å²) in [7, 11) is 0. The number of nitrogens with one attached hydrogen (secondary N) is 1. The molecule has 1 aromatic heterocycles. The van der Waals surface area contributed by atoms with Gasteiger partial charge in [0.15, 0.2) is 0 Å². The summed E-state index contributed by atoms with van der Waals surface area (Å²) in [5.41, 5.74) is -0.672. The monoisotopic (exact) mass is 366 g/mol. The van der Waals surface area contributed by atoms with Crippen LogP contribution in [0.15, 0.2) is 35.1 Å². The van der Waals surface area contributed by atoms with Crippen LogP contribution >= 0.6 is 15.9 Å². The van der Waals surface area contributed by atoms with Crippen molar-refractivity contribution in [1.82, 2.24) is 9.97 Å². The van der Waals surface area contributed by atoms with Gasteiger partial charge in [0.1, 0.15) is 12.1 Å². The molecule has 0 atom stereocenters. The minimum atomic E-state index is -0.553. The summed E-state index contributed by atoms with van der Waals surface area (Å²) in [4.78, 5) is 18.6. The zero-order valence-electron chi connectivity index (χ0n) is 12.3. The Balaban J connectivity index is 2.40. The predicted molar refractivity (Wildman–Crippen MR) is 86.3 cm³/mol. The first kappa shape index (κ1) is 16.2. The van der Waals surface area contributed by atoms with Crippen LogP contribution in [0, 0.1) is 10.1 Å². The maximum atomic E-state index is 11.4. The number of hydrogen-bond acceptors (Lipinski definition) is 6. The van der Waals surface area contributed by atoms with E-state index in [9.17, 15) is 10.1 Å². The summed E-state index contributed by atoms with van der Waals surface area (Å²) in [6.45, 7) is 5.65. The third kappa shape index (κ3) is 4.14. The third-order valence-electron chi connectivity index (χ3n) is 2.49. The van der Waals surface area contributed by atoms with Crippen molar-refractivity contribution in [3.05, 3.63) is 45.2 Å². The molecule has 0 saturated heterocycles. The summed E-state index contributed by atoms with van der Waals surface area (Å²) >= 11 is 3.31. The molecule has 0 amide bonds. The van der Waals surface area contributed by atoms with E-state index in [-0.39, 0.29) is 22.9 Å². The van der Waals surface area contributed by atoms with Crippen LogP contribution in [-0.4, -0.2) is 20.4 Å². The molecule has 1 N–H and O–H groups in total. The lowest BCUT2D eigenvalue weighted by atomic mass is 10.1. The molecule has 0 aliphatic heterocycles. The maximum Gasteiger partial charge on any atom is 0.373 e. The summed E-state index contributed by atoms with van der Waals surface area (Å²) in [5, 5.41) is 14.4. The van der Waals surface area contributed by atoms with E-state index in [1.165, 1.54) is 6.33 Å². The summed E-state index contributed by atoms with van der Waals surface area (Å²) in [6, 6.07) is 6.92. The van der Waals surface area contributed by atoms with Gasteiger partial charge in [0.05, 0.1) is 4.92 Å². The highest BCUT2D eigenvalue weighted by molar-refractivity contribution is 9.10. The van der Waals surface area contributed by atoms with Crippen LogP contribution in [0.3, 0.4) is 0 Å². The Morgan fingerprint density at radius 2 is 1.86 bits per heavy atom. The first-order valence-electron chi connectivity index (χ1n) is 6.47. The number of anilines is 1. The zero-order valence-corrected chi connectivity index (χ0v) is 13.9. The highest BCUT2D eigenvalue weighted by Crippen LogP contribution is 2.35. The van der Waals surface area contributed by atoms with E-state index in [0.717, 1.165) is 4.47 Å². The molecule has 0 bridgehead atoms. The molecule has 0 aliphatic carbocycles. The molecule has 8 heteroatoms.